The topological polar surface area (TPSA) is 112 Å². The van der Waals surface area contributed by atoms with Gasteiger partial charge in [0.25, 0.3) is 11.6 Å². The van der Waals surface area contributed by atoms with Crippen LogP contribution in [0, 0.1) is 16.0 Å². The Bertz CT molecular complexity index is 821. The van der Waals surface area contributed by atoms with Gasteiger partial charge in [-0.1, -0.05) is 0 Å². The minimum atomic E-state index is -0.499. The molecule has 9 nitrogen and oxygen atoms in total. The van der Waals surface area contributed by atoms with Crippen molar-refractivity contribution in [2.45, 2.75) is 29.3 Å². The fourth-order valence-electron chi connectivity index (χ4n) is 2.36. The van der Waals surface area contributed by atoms with Gasteiger partial charge >= 0.3 is 0 Å². The molecule has 1 aliphatic carbocycles. The van der Waals surface area contributed by atoms with Gasteiger partial charge in [0.2, 0.25) is 0 Å². The van der Waals surface area contributed by atoms with Gasteiger partial charge < -0.3 is 14.6 Å². The molecule has 1 aliphatic rings. The number of benzene rings is 1. The highest BCUT2D eigenvalue weighted by Crippen LogP contribution is 2.34. The first-order chi connectivity index (χ1) is 13.0. The van der Waals surface area contributed by atoms with Gasteiger partial charge in [0.15, 0.2) is 5.16 Å². The normalized spacial score (nSPS) is 13.5. The summed E-state index contributed by atoms with van der Waals surface area (Å²) in [6.45, 7) is 1.86. The van der Waals surface area contributed by atoms with Crippen LogP contribution in [0.5, 0.6) is 0 Å². The predicted molar refractivity (Wildman–Crippen MR) is 98.7 cm³/mol. The van der Waals surface area contributed by atoms with Crippen molar-refractivity contribution < 1.29 is 14.5 Å². The van der Waals surface area contributed by atoms with E-state index < -0.39 is 4.92 Å². The SMILES string of the molecule is Cn1cnnc1Sc1ccc(C(=O)NCCCOCC2CC2)cc1[N+](=O)[O-]. The monoisotopic (exact) mass is 391 g/mol. The summed E-state index contributed by atoms with van der Waals surface area (Å²) in [4.78, 5) is 23.6. The molecule has 0 bridgehead atoms. The molecule has 1 amide bonds. The van der Waals surface area contributed by atoms with E-state index in [9.17, 15) is 14.9 Å². The van der Waals surface area contributed by atoms with Gasteiger partial charge in [0, 0.05) is 38.4 Å². The summed E-state index contributed by atoms with van der Waals surface area (Å²) in [6, 6.07) is 4.42. The van der Waals surface area contributed by atoms with Crippen LogP contribution in [0.4, 0.5) is 5.69 Å². The Hall–Kier alpha value is -2.46. The third-order valence-corrected chi connectivity index (χ3v) is 5.21. The summed E-state index contributed by atoms with van der Waals surface area (Å²) in [6.07, 6.45) is 4.73. The Labute approximate surface area is 160 Å². The Morgan fingerprint density at radius 1 is 1.48 bits per heavy atom. The molecular formula is C17H21N5O4S. The van der Waals surface area contributed by atoms with Crippen LogP contribution in [0.1, 0.15) is 29.6 Å². The number of carbonyl (C=O) groups is 1. The van der Waals surface area contributed by atoms with Gasteiger partial charge in [0.1, 0.15) is 6.33 Å². The largest absolute Gasteiger partial charge is 0.381 e. The van der Waals surface area contributed by atoms with Crippen molar-refractivity contribution in [3.05, 3.63) is 40.2 Å². The molecule has 0 saturated heterocycles. The lowest BCUT2D eigenvalue weighted by molar-refractivity contribution is -0.387. The molecular weight excluding hydrogens is 370 g/mol. The average Bonchev–Trinajstić information content (AvgIpc) is 3.39. The standard InChI is InChI=1S/C17H21N5O4S/c1-21-11-19-20-17(21)27-15-6-5-13(9-14(15)22(24)25)16(23)18-7-2-8-26-10-12-3-4-12/h5-6,9,11-12H,2-4,7-8,10H2,1H3,(H,18,23). The van der Waals surface area contributed by atoms with Crippen molar-refractivity contribution in [1.82, 2.24) is 20.1 Å². The van der Waals surface area contributed by atoms with Gasteiger partial charge in [-0.05, 0) is 49.1 Å². The van der Waals surface area contributed by atoms with E-state index in [4.69, 9.17) is 4.74 Å². The number of nitrogens with zero attached hydrogens (tertiary/aromatic N) is 4. The number of rotatable bonds is 10. The number of amides is 1. The van der Waals surface area contributed by atoms with Crippen molar-refractivity contribution in [3.63, 3.8) is 0 Å². The lowest BCUT2D eigenvalue weighted by atomic mass is 10.2. The maximum Gasteiger partial charge on any atom is 0.284 e. The summed E-state index contributed by atoms with van der Waals surface area (Å²) < 4.78 is 7.18. The van der Waals surface area contributed by atoms with E-state index in [1.54, 1.807) is 23.7 Å². The maximum atomic E-state index is 12.2. The number of nitro groups is 1. The molecule has 2 aromatic rings. The number of carbonyl (C=O) groups excluding carboxylic acids is 1. The van der Waals surface area contributed by atoms with Crippen molar-refractivity contribution in [3.8, 4) is 0 Å². The molecule has 1 aromatic carbocycles. The number of nitro benzene ring substituents is 1. The van der Waals surface area contributed by atoms with Crippen molar-refractivity contribution in [2.75, 3.05) is 19.8 Å². The van der Waals surface area contributed by atoms with Crippen LogP contribution < -0.4 is 5.32 Å². The molecule has 10 heteroatoms. The Balaban J connectivity index is 1.56. The highest BCUT2D eigenvalue weighted by atomic mass is 32.2. The van der Waals surface area contributed by atoms with Gasteiger partial charge in [-0.15, -0.1) is 10.2 Å². The number of aryl methyl sites for hydroxylation is 1. The third kappa shape index (κ3) is 5.51. The van der Waals surface area contributed by atoms with Gasteiger partial charge in [-0.2, -0.15) is 0 Å². The van der Waals surface area contributed by atoms with Crippen molar-refractivity contribution in [2.24, 2.45) is 13.0 Å². The first-order valence-electron chi connectivity index (χ1n) is 8.71. The van der Waals surface area contributed by atoms with Crippen LogP contribution in [0.2, 0.25) is 0 Å². The summed E-state index contributed by atoms with van der Waals surface area (Å²) in [5.74, 6) is 0.383. The maximum absolute atomic E-state index is 12.2. The predicted octanol–water partition coefficient (Wildman–Crippen LogP) is 2.42. The molecule has 1 fully saturated rings. The van der Waals surface area contributed by atoms with Crippen LogP contribution in [0.25, 0.3) is 0 Å². The van der Waals surface area contributed by atoms with E-state index >= 15 is 0 Å². The minimum Gasteiger partial charge on any atom is -0.381 e. The van der Waals surface area contributed by atoms with E-state index in [-0.39, 0.29) is 17.2 Å². The minimum absolute atomic E-state index is 0.136. The summed E-state index contributed by atoms with van der Waals surface area (Å²) in [5, 5.41) is 22.4. The highest BCUT2D eigenvalue weighted by Gasteiger charge is 2.21. The Kier molecular flexibility index (Phi) is 6.40. The number of ether oxygens (including phenoxy) is 1. The summed E-state index contributed by atoms with van der Waals surface area (Å²) >= 11 is 1.13. The van der Waals surface area contributed by atoms with Gasteiger partial charge in [-0.25, -0.2) is 0 Å². The molecule has 1 aromatic heterocycles. The quantitative estimate of drug-likeness (QED) is 0.376. The zero-order chi connectivity index (χ0) is 19.2. The van der Waals surface area contributed by atoms with E-state index in [2.05, 4.69) is 15.5 Å². The molecule has 144 valence electrons. The van der Waals surface area contributed by atoms with Crippen LogP contribution in [0.15, 0.2) is 34.6 Å². The molecule has 0 aliphatic heterocycles. The molecule has 1 heterocycles. The molecule has 1 N–H and O–H groups in total. The Morgan fingerprint density at radius 2 is 2.30 bits per heavy atom. The van der Waals surface area contributed by atoms with E-state index in [0.29, 0.717) is 29.6 Å². The van der Waals surface area contributed by atoms with Crippen LogP contribution in [-0.4, -0.2) is 45.4 Å². The van der Waals surface area contributed by atoms with Crippen molar-refractivity contribution in [1.29, 1.82) is 0 Å². The zero-order valence-electron chi connectivity index (χ0n) is 15.0. The van der Waals surface area contributed by atoms with Gasteiger partial charge in [0.05, 0.1) is 9.82 Å². The number of hydrogen-bond acceptors (Lipinski definition) is 7. The van der Waals surface area contributed by atoms with Crippen LogP contribution >= 0.6 is 11.8 Å². The molecule has 0 spiro atoms. The van der Waals surface area contributed by atoms with Gasteiger partial charge in [-0.3, -0.25) is 14.9 Å². The lowest BCUT2D eigenvalue weighted by Crippen LogP contribution is -2.25. The second kappa shape index (κ2) is 8.96. The first-order valence-corrected chi connectivity index (χ1v) is 9.52. The molecule has 0 radical (unpaired) electrons. The number of nitrogens with one attached hydrogen (secondary N) is 1. The van der Waals surface area contributed by atoms with E-state index in [0.717, 1.165) is 24.3 Å². The fourth-order valence-corrected chi connectivity index (χ4v) is 3.21. The molecule has 0 atom stereocenters. The second-order valence-corrected chi connectivity index (χ2v) is 7.40. The zero-order valence-corrected chi connectivity index (χ0v) is 15.8. The van der Waals surface area contributed by atoms with Crippen molar-refractivity contribution >= 4 is 23.4 Å². The first kappa shape index (κ1) is 19.3. The molecule has 27 heavy (non-hydrogen) atoms. The summed E-state index contributed by atoms with van der Waals surface area (Å²) in [7, 11) is 1.75. The second-order valence-electron chi connectivity index (χ2n) is 6.39. The number of hydrogen-bond donors (Lipinski definition) is 1. The summed E-state index contributed by atoms with van der Waals surface area (Å²) in [5.41, 5.74) is 0.117. The smallest absolute Gasteiger partial charge is 0.284 e. The number of aromatic nitrogens is 3. The molecule has 0 unspecified atom stereocenters. The third-order valence-electron chi connectivity index (χ3n) is 4.09. The molecule has 1 saturated carbocycles. The highest BCUT2D eigenvalue weighted by molar-refractivity contribution is 7.99. The lowest BCUT2D eigenvalue weighted by Gasteiger charge is -2.07. The van der Waals surface area contributed by atoms with E-state index in [1.165, 1.54) is 25.2 Å². The Morgan fingerprint density at radius 3 is 2.96 bits per heavy atom. The van der Waals surface area contributed by atoms with Crippen LogP contribution in [-0.2, 0) is 11.8 Å². The average molecular weight is 391 g/mol. The van der Waals surface area contributed by atoms with Crippen LogP contribution in [0.3, 0.4) is 0 Å². The molecule has 3 rings (SSSR count). The van der Waals surface area contributed by atoms with E-state index in [1.807, 2.05) is 0 Å². The fraction of sp³-hybridized carbons (Fsp3) is 0.471.